The monoisotopic (exact) mass is 240 g/mol. The van der Waals surface area contributed by atoms with Crippen LogP contribution in [-0.2, 0) is 16.0 Å². The zero-order valence-electron chi connectivity index (χ0n) is 9.64. The molecule has 0 bridgehead atoms. The summed E-state index contributed by atoms with van der Waals surface area (Å²) in [4.78, 5) is 26.2. The van der Waals surface area contributed by atoms with Crippen molar-refractivity contribution in [3.8, 4) is 0 Å². The SMILES string of the molecule is CCCC(NC(=O)CCc1ncn[nH]1)C(=O)O. The maximum absolute atomic E-state index is 11.5. The van der Waals surface area contributed by atoms with Crippen LogP contribution in [-0.4, -0.2) is 38.2 Å². The average molecular weight is 240 g/mol. The minimum Gasteiger partial charge on any atom is -0.480 e. The molecule has 7 heteroatoms. The maximum atomic E-state index is 11.5. The summed E-state index contributed by atoms with van der Waals surface area (Å²) in [5, 5.41) is 17.6. The fourth-order valence-electron chi connectivity index (χ4n) is 1.40. The van der Waals surface area contributed by atoms with Crippen LogP contribution in [0.5, 0.6) is 0 Å². The van der Waals surface area contributed by atoms with Crippen molar-refractivity contribution in [1.82, 2.24) is 20.5 Å². The Balaban J connectivity index is 2.34. The number of carbonyl (C=O) groups excluding carboxylic acids is 1. The van der Waals surface area contributed by atoms with Gasteiger partial charge in [-0.2, -0.15) is 5.10 Å². The third-order valence-corrected chi connectivity index (χ3v) is 2.26. The zero-order valence-corrected chi connectivity index (χ0v) is 9.64. The van der Waals surface area contributed by atoms with E-state index in [4.69, 9.17) is 5.11 Å². The number of aryl methyl sites for hydroxylation is 1. The predicted molar refractivity (Wildman–Crippen MR) is 59.2 cm³/mol. The fourth-order valence-corrected chi connectivity index (χ4v) is 1.40. The summed E-state index contributed by atoms with van der Waals surface area (Å²) in [5.74, 6) is -0.676. The number of carbonyl (C=O) groups is 2. The van der Waals surface area contributed by atoms with Crippen LogP contribution < -0.4 is 5.32 Å². The van der Waals surface area contributed by atoms with Crippen LogP contribution in [0, 0.1) is 0 Å². The molecule has 1 rings (SSSR count). The van der Waals surface area contributed by atoms with E-state index in [1.807, 2.05) is 6.92 Å². The molecule has 0 aliphatic rings. The molecule has 1 unspecified atom stereocenters. The Morgan fingerprint density at radius 3 is 2.88 bits per heavy atom. The minimum atomic E-state index is -1.00. The van der Waals surface area contributed by atoms with Gasteiger partial charge in [-0.05, 0) is 6.42 Å². The highest BCUT2D eigenvalue weighted by molar-refractivity contribution is 5.83. The van der Waals surface area contributed by atoms with E-state index < -0.39 is 12.0 Å². The maximum Gasteiger partial charge on any atom is 0.326 e. The Morgan fingerprint density at radius 1 is 1.59 bits per heavy atom. The number of carboxylic acids is 1. The first-order valence-electron chi connectivity index (χ1n) is 5.50. The third-order valence-electron chi connectivity index (χ3n) is 2.26. The van der Waals surface area contributed by atoms with Crippen LogP contribution >= 0.6 is 0 Å². The molecule has 7 nitrogen and oxygen atoms in total. The molecule has 0 aromatic carbocycles. The van der Waals surface area contributed by atoms with Crippen molar-refractivity contribution < 1.29 is 14.7 Å². The molecule has 94 valence electrons. The Labute approximate surface area is 98.6 Å². The quantitative estimate of drug-likeness (QED) is 0.626. The second kappa shape index (κ2) is 6.62. The summed E-state index contributed by atoms with van der Waals surface area (Å²) in [6.45, 7) is 1.87. The van der Waals surface area contributed by atoms with Gasteiger partial charge in [-0.15, -0.1) is 0 Å². The molecule has 1 amide bonds. The molecular formula is C10H16N4O3. The van der Waals surface area contributed by atoms with Gasteiger partial charge in [-0.1, -0.05) is 13.3 Å². The summed E-state index contributed by atoms with van der Waals surface area (Å²) >= 11 is 0. The molecule has 17 heavy (non-hydrogen) atoms. The zero-order chi connectivity index (χ0) is 12.7. The second-order valence-electron chi connectivity index (χ2n) is 3.68. The molecule has 0 aliphatic carbocycles. The lowest BCUT2D eigenvalue weighted by molar-refractivity contribution is -0.142. The third kappa shape index (κ3) is 4.62. The first-order valence-corrected chi connectivity index (χ1v) is 5.50. The fraction of sp³-hybridized carbons (Fsp3) is 0.600. The van der Waals surface area contributed by atoms with E-state index in [0.29, 0.717) is 25.1 Å². The van der Waals surface area contributed by atoms with Gasteiger partial charge in [0, 0.05) is 12.8 Å². The molecule has 1 heterocycles. The molecule has 0 aliphatic heterocycles. The van der Waals surface area contributed by atoms with Gasteiger partial charge in [-0.3, -0.25) is 9.89 Å². The number of aromatic nitrogens is 3. The Hall–Kier alpha value is -1.92. The van der Waals surface area contributed by atoms with E-state index in [0.717, 1.165) is 0 Å². The van der Waals surface area contributed by atoms with Crippen molar-refractivity contribution in [3.63, 3.8) is 0 Å². The van der Waals surface area contributed by atoms with Gasteiger partial charge in [0.2, 0.25) is 5.91 Å². The van der Waals surface area contributed by atoms with Gasteiger partial charge in [0.15, 0.2) is 0 Å². The normalized spacial score (nSPS) is 12.1. The van der Waals surface area contributed by atoms with E-state index in [1.54, 1.807) is 0 Å². The number of aliphatic carboxylic acids is 1. The van der Waals surface area contributed by atoms with Crippen molar-refractivity contribution in [2.45, 2.75) is 38.6 Å². The Kier molecular flexibility index (Phi) is 5.12. The molecule has 0 radical (unpaired) electrons. The van der Waals surface area contributed by atoms with Gasteiger partial charge < -0.3 is 10.4 Å². The van der Waals surface area contributed by atoms with Crippen LogP contribution in [0.15, 0.2) is 6.33 Å². The first-order chi connectivity index (χ1) is 8.13. The number of aromatic amines is 1. The van der Waals surface area contributed by atoms with Gasteiger partial charge in [0.25, 0.3) is 0 Å². The number of nitrogens with one attached hydrogen (secondary N) is 2. The number of H-pyrrole nitrogens is 1. The van der Waals surface area contributed by atoms with E-state index in [1.165, 1.54) is 6.33 Å². The minimum absolute atomic E-state index is 0.197. The van der Waals surface area contributed by atoms with Crippen LogP contribution in [0.25, 0.3) is 0 Å². The average Bonchev–Trinajstić information content (AvgIpc) is 2.78. The summed E-state index contributed by atoms with van der Waals surface area (Å²) in [7, 11) is 0. The molecule has 0 saturated heterocycles. The molecule has 3 N–H and O–H groups in total. The topological polar surface area (TPSA) is 108 Å². The van der Waals surface area contributed by atoms with Crippen molar-refractivity contribution in [2.75, 3.05) is 0 Å². The van der Waals surface area contributed by atoms with Crippen LogP contribution in [0.3, 0.4) is 0 Å². The number of amides is 1. The molecule has 0 spiro atoms. The largest absolute Gasteiger partial charge is 0.480 e. The van der Waals surface area contributed by atoms with Crippen molar-refractivity contribution in [1.29, 1.82) is 0 Å². The summed E-state index contributed by atoms with van der Waals surface area (Å²) < 4.78 is 0. The number of nitrogens with zero attached hydrogens (tertiary/aromatic N) is 2. The van der Waals surface area contributed by atoms with Gasteiger partial charge in [0.05, 0.1) is 0 Å². The summed E-state index contributed by atoms with van der Waals surface area (Å²) in [5.41, 5.74) is 0. The Morgan fingerprint density at radius 2 is 2.35 bits per heavy atom. The smallest absolute Gasteiger partial charge is 0.326 e. The summed E-state index contributed by atoms with van der Waals surface area (Å²) in [6.07, 6.45) is 3.13. The van der Waals surface area contributed by atoms with Gasteiger partial charge in [-0.25, -0.2) is 9.78 Å². The molecule has 0 fully saturated rings. The van der Waals surface area contributed by atoms with Gasteiger partial charge >= 0.3 is 5.97 Å². The van der Waals surface area contributed by atoms with Crippen molar-refractivity contribution >= 4 is 11.9 Å². The lowest BCUT2D eigenvalue weighted by Crippen LogP contribution is -2.40. The summed E-state index contributed by atoms with van der Waals surface area (Å²) in [6, 6.07) is -0.803. The molecular weight excluding hydrogens is 224 g/mol. The van der Waals surface area contributed by atoms with E-state index in [9.17, 15) is 9.59 Å². The van der Waals surface area contributed by atoms with E-state index >= 15 is 0 Å². The molecule has 1 atom stereocenters. The Bertz CT molecular complexity index is 364. The predicted octanol–water partition coefficient (Wildman–Crippen LogP) is 0.107. The lowest BCUT2D eigenvalue weighted by Gasteiger charge is -2.12. The highest BCUT2D eigenvalue weighted by Gasteiger charge is 2.18. The standard InChI is InChI=1S/C10H16N4O3/c1-2-3-7(10(16)17)13-9(15)5-4-8-11-6-12-14-8/h6-7H,2-5H2,1H3,(H,13,15)(H,16,17)(H,11,12,14). The lowest BCUT2D eigenvalue weighted by atomic mass is 10.1. The van der Waals surface area contributed by atoms with Gasteiger partial charge in [0.1, 0.15) is 18.2 Å². The number of hydrogen-bond donors (Lipinski definition) is 3. The van der Waals surface area contributed by atoms with Crippen molar-refractivity contribution in [2.24, 2.45) is 0 Å². The molecule has 0 saturated carbocycles. The number of carboxylic acid groups (broad SMARTS) is 1. The molecule has 1 aromatic heterocycles. The highest BCUT2D eigenvalue weighted by Crippen LogP contribution is 1.99. The number of rotatable bonds is 7. The van der Waals surface area contributed by atoms with Crippen LogP contribution in [0.4, 0.5) is 0 Å². The van der Waals surface area contributed by atoms with Crippen LogP contribution in [0.2, 0.25) is 0 Å². The van der Waals surface area contributed by atoms with Crippen LogP contribution in [0.1, 0.15) is 32.0 Å². The first kappa shape index (κ1) is 13.1. The highest BCUT2D eigenvalue weighted by atomic mass is 16.4. The second-order valence-corrected chi connectivity index (χ2v) is 3.68. The van der Waals surface area contributed by atoms with E-state index in [-0.39, 0.29) is 12.3 Å². The van der Waals surface area contributed by atoms with E-state index in [2.05, 4.69) is 20.5 Å². The molecule has 1 aromatic rings. The van der Waals surface area contributed by atoms with Crippen molar-refractivity contribution in [3.05, 3.63) is 12.2 Å². The number of hydrogen-bond acceptors (Lipinski definition) is 4.